The van der Waals surface area contributed by atoms with Crippen molar-refractivity contribution in [1.82, 2.24) is 0 Å². The first kappa shape index (κ1) is 27.1. The summed E-state index contributed by atoms with van der Waals surface area (Å²) in [6, 6.07) is 18.4. The first-order valence-electron chi connectivity index (χ1n) is 11.7. The first-order valence-corrected chi connectivity index (χ1v) is 11.7. The van der Waals surface area contributed by atoms with Gasteiger partial charge in [0.05, 0.1) is 5.54 Å². The van der Waals surface area contributed by atoms with Crippen molar-refractivity contribution < 1.29 is 5.11 Å². The maximum absolute atomic E-state index is 10.9. The molecule has 0 aliphatic rings. The van der Waals surface area contributed by atoms with Crippen molar-refractivity contribution in [1.29, 1.82) is 0 Å². The number of nitrogens with one attached hydrogen (secondary N) is 2. The Morgan fingerprint density at radius 1 is 0.594 bits per heavy atom. The molecule has 0 atom stereocenters. The Morgan fingerprint density at radius 3 is 1.56 bits per heavy atom. The molecule has 3 aromatic carbocycles. The average Bonchev–Trinajstić information content (AvgIpc) is 2.81. The summed E-state index contributed by atoms with van der Waals surface area (Å²) in [5, 5.41) is 17.8. The third-order valence-electron chi connectivity index (χ3n) is 5.68. The summed E-state index contributed by atoms with van der Waals surface area (Å²) in [7, 11) is 0. The second kappa shape index (κ2) is 12.2. The lowest BCUT2D eigenvalue weighted by Gasteiger charge is -2.32. The van der Waals surface area contributed by atoms with Crippen LogP contribution >= 0.6 is 0 Å². The summed E-state index contributed by atoms with van der Waals surface area (Å²) in [6.45, 7) is 20.5. The zero-order chi connectivity index (χ0) is 24.5. The van der Waals surface area contributed by atoms with Gasteiger partial charge in [-0.05, 0) is 100 Å². The Bertz CT molecular complexity index is 945. The van der Waals surface area contributed by atoms with E-state index in [2.05, 4.69) is 69.5 Å². The van der Waals surface area contributed by atoms with Crippen molar-refractivity contribution in [3.8, 4) is 5.75 Å². The molecule has 0 radical (unpaired) electrons. The highest BCUT2D eigenvalue weighted by Crippen LogP contribution is 2.40. The fourth-order valence-electron chi connectivity index (χ4n) is 3.81. The molecule has 3 rings (SSSR count). The summed E-state index contributed by atoms with van der Waals surface area (Å²) in [4.78, 5) is 0. The zero-order valence-corrected chi connectivity index (χ0v) is 21.6. The van der Waals surface area contributed by atoms with Crippen LogP contribution in [0.25, 0.3) is 0 Å². The summed E-state index contributed by atoms with van der Waals surface area (Å²) in [5.41, 5.74) is 8.15. The number of para-hydroxylation sites is 1. The number of hydrogen-bond donors (Lipinski definition) is 3. The van der Waals surface area contributed by atoms with Gasteiger partial charge in [-0.2, -0.15) is 0 Å². The molecule has 0 saturated heterocycles. The van der Waals surface area contributed by atoms with Gasteiger partial charge in [-0.1, -0.05) is 45.9 Å². The highest BCUT2D eigenvalue weighted by atomic mass is 16.3. The third kappa shape index (κ3) is 6.29. The van der Waals surface area contributed by atoms with Gasteiger partial charge in [0.1, 0.15) is 5.75 Å². The summed E-state index contributed by atoms with van der Waals surface area (Å²) in [5.74, 6) is 0.389. The van der Waals surface area contributed by atoms with Crippen LogP contribution in [0.2, 0.25) is 0 Å². The molecule has 0 saturated carbocycles. The highest BCUT2D eigenvalue weighted by molar-refractivity contribution is 5.64. The van der Waals surface area contributed by atoms with Crippen molar-refractivity contribution in [2.75, 3.05) is 10.6 Å². The van der Waals surface area contributed by atoms with E-state index in [4.69, 9.17) is 0 Å². The fraction of sp³-hybridized carbons (Fsp3) is 0.379. The van der Waals surface area contributed by atoms with E-state index in [1.165, 1.54) is 5.56 Å². The van der Waals surface area contributed by atoms with Crippen LogP contribution < -0.4 is 10.6 Å². The van der Waals surface area contributed by atoms with Gasteiger partial charge in [0, 0.05) is 22.6 Å². The molecule has 32 heavy (non-hydrogen) atoms. The molecule has 174 valence electrons. The lowest BCUT2D eigenvalue weighted by Crippen LogP contribution is -2.29. The third-order valence-corrected chi connectivity index (χ3v) is 5.68. The Balaban J connectivity index is 0.00000121. The van der Waals surface area contributed by atoms with Crippen molar-refractivity contribution in [2.45, 2.75) is 74.8 Å². The Hall–Kier alpha value is -2.94. The maximum Gasteiger partial charge on any atom is 0.124 e. The molecule has 0 fully saturated rings. The zero-order valence-electron chi connectivity index (χ0n) is 21.6. The van der Waals surface area contributed by atoms with E-state index in [0.29, 0.717) is 5.75 Å². The lowest BCUT2D eigenvalue weighted by atomic mass is 9.83. The number of rotatable bonds is 5. The fourth-order valence-corrected chi connectivity index (χ4v) is 3.81. The Morgan fingerprint density at radius 2 is 1.03 bits per heavy atom. The summed E-state index contributed by atoms with van der Waals surface area (Å²) in [6.07, 6.45) is 0. The summed E-state index contributed by atoms with van der Waals surface area (Å²) < 4.78 is 0. The van der Waals surface area contributed by atoms with E-state index in [9.17, 15) is 5.11 Å². The van der Waals surface area contributed by atoms with Gasteiger partial charge in [0.25, 0.3) is 0 Å². The predicted molar refractivity (Wildman–Crippen MR) is 143 cm³/mol. The molecule has 0 aliphatic carbocycles. The van der Waals surface area contributed by atoms with Crippen molar-refractivity contribution in [2.24, 2.45) is 0 Å². The second-order valence-corrected chi connectivity index (χ2v) is 8.04. The van der Waals surface area contributed by atoms with Gasteiger partial charge in [0.15, 0.2) is 0 Å². The minimum Gasteiger partial charge on any atom is -0.507 e. The van der Waals surface area contributed by atoms with E-state index in [-0.39, 0.29) is 0 Å². The van der Waals surface area contributed by atoms with Gasteiger partial charge in [-0.3, -0.25) is 0 Å². The van der Waals surface area contributed by atoms with Crippen LogP contribution in [0.5, 0.6) is 5.75 Å². The SMILES string of the molecule is CC.CC.Cc1c(C)c(C)c(C(C)(C)Nc2ccc(Nc3ccccc3)cc2)c(O)c1C. The van der Waals surface area contributed by atoms with Gasteiger partial charge in [-0.15, -0.1) is 0 Å². The van der Waals surface area contributed by atoms with E-state index in [0.717, 1.165) is 39.3 Å². The van der Waals surface area contributed by atoms with Crippen molar-refractivity contribution >= 4 is 17.1 Å². The highest BCUT2D eigenvalue weighted by Gasteiger charge is 2.28. The van der Waals surface area contributed by atoms with Crippen LogP contribution in [0.15, 0.2) is 54.6 Å². The molecular weight excluding hydrogens is 392 g/mol. The molecule has 0 aromatic heterocycles. The van der Waals surface area contributed by atoms with Crippen LogP contribution in [0, 0.1) is 27.7 Å². The smallest absolute Gasteiger partial charge is 0.124 e. The number of benzene rings is 3. The molecule has 3 aromatic rings. The molecule has 3 N–H and O–H groups in total. The van der Waals surface area contributed by atoms with E-state index < -0.39 is 5.54 Å². The second-order valence-electron chi connectivity index (χ2n) is 8.04. The average molecular weight is 435 g/mol. The number of phenols is 1. The van der Waals surface area contributed by atoms with Gasteiger partial charge < -0.3 is 15.7 Å². The van der Waals surface area contributed by atoms with Crippen LogP contribution in [0.4, 0.5) is 17.1 Å². The number of aromatic hydroxyl groups is 1. The first-order chi connectivity index (χ1) is 15.2. The van der Waals surface area contributed by atoms with Gasteiger partial charge in [-0.25, -0.2) is 0 Å². The predicted octanol–water partition coefficient (Wildman–Crippen LogP) is 8.77. The van der Waals surface area contributed by atoms with E-state index in [1.807, 2.05) is 65.0 Å². The van der Waals surface area contributed by atoms with Crippen LogP contribution in [0.1, 0.15) is 69.4 Å². The quantitative estimate of drug-likeness (QED) is 0.376. The van der Waals surface area contributed by atoms with Crippen LogP contribution in [-0.2, 0) is 5.54 Å². The molecule has 0 bridgehead atoms. The van der Waals surface area contributed by atoms with Gasteiger partial charge in [0.2, 0.25) is 0 Å². The molecule has 0 spiro atoms. The monoisotopic (exact) mass is 434 g/mol. The molecule has 3 nitrogen and oxygen atoms in total. The topological polar surface area (TPSA) is 44.3 Å². The van der Waals surface area contributed by atoms with Crippen molar-refractivity contribution in [3.63, 3.8) is 0 Å². The van der Waals surface area contributed by atoms with E-state index in [1.54, 1.807) is 0 Å². The number of phenolic OH excluding ortho intramolecular Hbond substituents is 1. The van der Waals surface area contributed by atoms with Crippen LogP contribution in [-0.4, -0.2) is 5.11 Å². The molecule has 0 heterocycles. The summed E-state index contributed by atoms with van der Waals surface area (Å²) >= 11 is 0. The van der Waals surface area contributed by atoms with Crippen molar-refractivity contribution in [3.05, 3.63) is 82.4 Å². The largest absolute Gasteiger partial charge is 0.507 e. The molecular formula is C29H42N2O. The lowest BCUT2D eigenvalue weighted by molar-refractivity contribution is 0.443. The maximum atomic E-state index is 10.9. The molecule has 0 aliphatic heterocycles. The van der Waals surface area contributed by atoms with Gasteiger partial charge >= 0.3 is 0 Å². The number of hydrogen-bond acceptors (Lipinski definition) is 3. The van der Waals surface area contributed by atoms with Crippen LogP contribution in [0.3, 0.4) is 0 Å². The minimum atomic E-state index is -0.411. The molecule has 3 heteroatoms. The Labute approximate surface area is 195 Å². The standard InChI is InChI=1S/C25H30N2O.2C2H6/c1-16-17(2)19(4)24(28)23(18(16)3)25(5,6)27-22-14-12-21(13-15-22)26-20-10-8-7-9-11-20;2*1-2/h7-15,26-28H,1-6H3;2*1-2H3. The normalized spacial score (nSPS) is 10.3. The molecule has 0 unspecified atom stereocenters. The Kier molecular flexibility index (Phi) is 10.3. The van der Waals surface area contributed by atoms with E-state index >= 15 is 0 Å². The minimum absolute atomic E-state index is 0.389. The number of anilines is 3. The molecule has 0 amide bonds.